The average molecular weight is 335 g/mol. The normalized spacial score (nSPS) is 10.1. The van der Waals surface area contributed by atoms with Crippen LogP contribution in [0.5, 0.6) is 5.75 Å². The van der Waals surface area contributed by atoms with Crippen LogP contribution in [0.3, 0.4) is 0 Å². The van der Waals surface area contributed by atoms with Crippen molar-refractivity contribution < 1.29 is 9.53 Å². The molecule has 0 aliphatic carbocycles. The highest BCUT2D eigenvalue weighted by atomic mass is 79.9. The number of carbonyl (C=O) groups is 1. The van der Waals surface area contributed by atoms with Crippen LogP contribution in [0.1, 0.15) is 5.56 Å². The molecule has 2 rings (SSSR count). The summed E-state index contributed by atoms with van der Waals surface area (Å²) in [5, 5.41) is 2.74. The van der Waals surface area contributed by atoms with Crippen molar-refractivity contribution in [3.8, 4) is 5.75 Å². The third-order valence-electron chi connectivity index (χ3n) is 2.69. The van der Waals surface area contributed by atoms with Crippen molar-refractivity contribution >= 4 is 33.2 Å². The van der Waals surface area contributed by atoms with Crippen molar-refractivity contribution in [1.29, 1.82) is 0 Å². The molecular weight excluding hydrogens is 320 g/mol. The van der Waals surface area contributed by atoms with Crippen LogP contribution in [0.4, 0.5) is 11.4 Å². The Kier molecular flexibility index (Phi) is 4.63. The zero-order valence-electron chi connectivity index (χ0n) is 11.0. The minimum Gasteiger partial charge on any atom is -0.484 e. The summed E-state index contributed by atoms with van der Waals surface area (Å²) in [7, 11) is 0. The Hall–Kier alpha value is -2.01. The Morgan fingerprint density at radius 1 is 1.25 bits per heavy atom. The number of benzene rings is 2. The second-order valence-corrected chi connectivity index (χ2v) is 5.22. The first-order valence-corrected chi connectivity index (χ1v) is 6.88. The predicted octanol–water partition coefficient (Wildman–Crippen LogP) is 3.36. The van der Waals surface area contributed by atoms with E-state index in [4.69, 9.17) is 10.5 Å². The minimum atomic E-state index is -0.213. The molecule has 5 heteroatoms. The fourth-order valence-corrected chi connectivity index (χ4v) is 1.87. The van der Waals surface area contributed by atoms with Gasteiger partial charge in [0.25, 0.3) is 5.91 Å². The highest BCUT2D eigenvalue weighted by Crippen LogP contribution is 2.21. The number of anilines is 2. The van der Waals surface area contributed by atoms with Gasteiger partial charge in [0.15, 0.2) is 6.61 Å². The molecule has 0 saturated carbocycles. The van der Waals surface area contributed by atoms with Gasteiger partial charge < -0.3 is 15.8 Å². The Bertz CT molecular complexity index is 612. The third-order valence-corrected chi connectivity index (χ3v) is 3.58. The van der Waals surface area contributed by atoms with E-state index < -0.39 is 0 Å². The summed E-state index contributed by atoms with van der Waals surface area (Å²) in [6.07, 6.45) is 0. The number of halogens is 1. The van der Waals surface area contributed by atoms with Gasteiger partial charge in [-0.1, -0.05) is 15.9 Å². The lowest BCUT2D eigenvalue weighted by Crippen LogP contribution is -2.20. The van der Waals surface area contributed by atoms with Gasteiger partial charge in [-0.2, -0.15) is 0 Å². The fourth-order valence-electron chi connectivity index (χ4n) is 1.62. The number of rotatable bonds is 4. The van der Waals surface area contributed by atoms with E-state index in [-0.39, 0.29) is 12.5 Å². The minimum absolute atomic E-state index is 0.0363. The van der Waals surface area contributed by atoms with Crippen molar-refractivity contribution in [2.45, 2.75) is 6.92 Å². The zero-order valence-corrected chi connectivity index (χ0v) is 12.6. The van der Waals surface area contributed by atoms with Gasteiger partial charge >= 0.3 is 0 Å². The maximum Gasteiger partial charge on any atom is 0.262 e. The van der Waals surface area contributed by atoms with Gasteiger partial charge in [0.05, 0.1) is 0 Å². The topological polar surface area (TPSA) is 64.3 Å². The first kappa shape index (κ1) is 14.4. The number of hydrogen-bond acceptors (Lipinski definition) is 3. The Morgan fingerprint density at radius 3 is 2.60 bits per heavy atom. The van der Waals surface area contributed by atoms with Crippen LogP contribution >= 0.6 is 15.9 Å². The third kappa shape index (κ3) is 3.99. The van der Waals surface area contributed by atoms with E-state index in [1.54, 1.807) is 24.3 Å². The molecule has 4 nitrogen and oxygen atoms in total. The van der Waals surface area contributed by atoms with Crippen LogP contribution < -0.4 is 15.8 Å². The van der Waals surface area contributed by atoms with Gasteiger partial charge in [0, 0.05) is 15.8 Å². The van der Waals surface area contributed by atoms with Crippen molar-refractivity contribution in [2.24, 2.45) is 0 Å². The maximum atomic E-state index is 11.7. The molecule has 0 atom stereocenters. The van der Waals surface area contributed by atoms with Crippen molar-refractivity contribution in [2.75, 3.05) is 17.7 Å². The summed E-state index contributed by atoms with van der Waals surface area (Å²) in [5.74, 6) is 0.452. The van der Waals surface area contributed by atoms with Crippen LogP contribution in [-0.2, 0) is 4.79 Å². The van der Waals surface area contributed by atoms with E-state index in [1.807, 2.05) is 25.1 Å². The molecule has 0 heterocycles. The van der Waals surface area contributed by atoms with Gasteiger partial charge in [-0.25, -0.2) is 0 Å². The van der Waals surface area contributed by atoms with Gasteiger partial charge in [-0.05, 0) is 55.0 Å². The number of carbonyl (C=O) groups excluding carboxylic acids is 1. The highest BCUT2D eigenvalue weighted by Gasteiger charge is 2.04. The Labute approximate surface area is 126 Å². The highest BCUT2D eigenvalue weighted by molar-refractivity contribution is 9.10. The van der Waals surface area contributed by atoms with Gasteiger partial charge in [-0.3, -0.25) is 4.79 Å². The summed E-state index contributed by atoms with van der Waals surface area (Å²) in [5.41, 5.74) is 7.99. The molecule has 0 aliphatic rings. The number of ether oxygens (including phenoxy) is 1. The molecule has 0 spiro atoms. The fraction of sp³-hybridized carbons (Fsp3) is 0.133. The maximum absolute atomic E-state index is 11.7. The number of nitrogens with one attached hydrogen (secondary N) is 1. The number of amides is 1. The van der Waals surface area contributed by atoms with Gasteiger partial charge in [-0.15, -0.1) is 0 Å². The number of nitrogen functional groups attached to an aromatic ring is 1. The molecule has 20 heavy (non-hydrogen) atoms. The van der Waals surface area contributed by atoms with E-state index in [0.717, 1.165) is 10.0 Å². The number of hydrogen-bond donors (Lipinski definition) is 2. The lowest BCUT2D eigenvalue weighted by Gasteiger charge is -2.09. The lowest BCUT2D eigenvalue weighted by molar-refractivity contribution is -0.118. The molecule has 2 aromatic carbocycles. The molecule has 1 amide bonds. The second kappa shape index (κ2) is 6.43. The van der Waals surface area contributed by atoms with E-state index >= 15 is 0 Å². The summed E-state index contributed by atoms with van der Waals surface area (Å²) in [6.45, 7) is 1.93. The van der Waals surface area contributed by atoms with Gasteiger partial charge in [0.1, 0.15) is 5.75 Å². The number of aryl methyl sites for hydroxylation is 1. The van der Waals surface area contributed by atoms with Crippen molar-refractivity contribution in [1.82, 2.24) is 0 Å². The van der Waals surface area contributed by atoms with E-state index in [1.165, 1.54) is 0 Å². The molecule has 0 fully saturated rings. The first-order chi connectivity index (χ1) is 9.54. The van der Waals surface area contributed by atoms with Crippen molar-refractivity contribution in [3.63, 3.8) is 0 Å². The molecule has 104 valence electrons. The molecule has 0 bridgehead atoms. The lowest BCUT2D eigenvalue weighted by atomic mass is 10.2. The monoisotopic (exact) mass is 334 g/mol. The van der Waals surface area contributed by atoms with E-state index in [2.05, 4.69) is 21.2 Å². The van der Waals surface area contributed by atoms with Crippen LogP contribution in [0.15, 0.2) is 46.9 Å². The van der Waals surface area contributed by atoms with Crippen LogP contribution in [-0.4, -0.2) is 12.5 Å². The molecule has 0 aliphatic heterocycles. The smallest absolute Gasteiger partial charge is 0.262 e. The van der Waals surface area contributed by atoms with Crippen molar-refractivity contribution in [3.05, 3.63) is 52.5 Å². The molecular formula is C15H15BrN2O2. The largest absolute Gasteiger partial charge is 0.484 e. The van der Waals surface area contributed by atoms with Gasteiger partial charge in [0.2, 0.25) is 0 Å². The first-order valence-electron chi connectivity index (χ1n) is 6.09. The standard InChI is InChI=1S/C15H15BrN2O2/c1-10-8-13(6-7-14(10)16)20-9-15(19)18-12-4-2-11(17)3-5-12/h2-8H,9,17H2,1H3,(H,18,19). The predicted molar refractivity (Wildman–Crippen MR) is 83.9 cm³/mol. The molecule has 0 saturated heterocycles. The quantitative estimate of drug-likeness (QED) is 0.842. The summed E-state index contributed by atoms with van der Waals surface area (Å²) in [4.78, 5) is 11.7. The van der Waals surface area contributed by atoms with Crippen LogP contribution in [0.25, 0.3) is 0 Å². The molecule has 2 aromatic rings. The number of nitrogens with two attached hydrogens (primary N) is 1. The summed E-state index contributed by atoms with van der Waals surface area (Å²) in [6, 6.07) is 12.5. The van der Waals surface area contributed by atoms with Crippen LogP contribution in [0.2, 0.25) is 0 Å². The molecule has 3 N–H and O–H groups in total. The zero-order chi connectivity index (χ0) is 14.5. The Morgan fingerprint density at radius 2 is 1.95 bits per heavy atom. The SMILES string of the molecule is Cc1cc(OCC(=O)Nc2ccc(N)cc2)ccc1Br. The Balaban J connectivity index is 1.88. The molecule has 0 unspecified atom stereocenters. The molecule has 0 radical (unpaired) electrons. The second-order valence-electron chi connectivity index (χ2n) is 4.37. The summed E-state index contributed by atoms with van der Waals surface area (Å²) >= 11 is 3.41. The van der Waals surface area contributed by atoms with Crippen LogP contribution in [0, 0.1) is 6.92 Å². The summed E-state index contributed by atoms with van der Waals surface area (Å²) < 4.78 is 6.45. The van der Waals surface area contributed by atoms with E-state index in [9.17, 15) is 4.79 Å². The average Bonchev–Trinajstić information content (AvgIpc) is 2.43. The van der Waals surface area contributed by atoms with E-state index in [0.29, 0.717) is 17.1 Å². The molecule has 0 aromatic heterocycles.